The maximum Gasteiger partial charge on any atom is 0.416 e. The number of alkyl halides is 3. The SMILES string of the molecule is Cc1c(-c2ccc(C(F)(F)F)cc2O)nnc2c1CNC(=O)N2[C@@H]1CCCN(C)C1. The van der Waals surface area contributed by atoms with Crippen LogP contribution >= 0.6 is 0 Å². The molecule has 0 unspecified atom stereocenters. The van der Waals surface area contributed by atoms with Crippen LogP contribution < -0.4 is 10.2 Å². The van der Waals surface area contributed by atoms with Crippen molar-refractivity contribution in [3.05, 3.63) is 34.9 Å². The fraction of sp³-hybridized carbons (Fsp3) is 0.450. The fourth-order valence-corrected chi connectivity index (χ4v) is 4.15. The molecule has 160 valence electrons. The zero-order valence-electron chi connectivity index (χ0n) is 16.6. The largest absolute Gasteiger partial charge is 0.507 e. The number of carbonyl (C=O) groups is 1. The number of hydrogen-bond donors (Lipinski definition) is 2. The molecule has 4 rings (SSSR count). The van der Waals surface area contributed by atoms with Gasteiger partial charge < -0.3 is 15.3 Å². The van der Waals surface area contributed by atoms with Gasteiger partial charge in [-0.3, -0.25) is 4.90 Å². The lowest BCUT2D eigenvalue weighted by atomic mass is 9.98. The molecular formula is C20H22F3N5O2. The molecule has 1 atom stereocenters. The van der Waals surface area contributed by atoms with Gasteiger partial charge in [0.2, 0.25) is 0 Å². The Labute approximate surface area is 171 Å². The van der Waals surface area contributed by atoms with E-state index in [-0.39, 0.29) is 29.9 Å². The third-order valence-electron chi connectivity index (χ3n) is 5.73. The zero-order chi connectivity index (χ0) is 21.6. The average Bonchev–Trinajstić information content (AvgIpc) is 2.68. The van der Waals surface area contributed by atoms with Crippen molar-refractivity contribution in [1.82, 2.24) is 20.4 Å². The van der Waals surface area contributed by atoms with Crippen LogP contribution in [0.5, 0.6) is 5.75 Å². The van der Waals surface area contributed by atoms with Crippen LogP contribution in [0.1, 0.15) is 29.5 Å². The van der Waals surface area contributed by atoms with Crippen molar-refractivity contribution < 1.29 is 23.1 Å². The number of halogens is 3. The zero-order valence-corrected chi connectivity index (χ0v) is 16.6. The van der Waals surface area contributed by atoms with Crippen molar-refractivity contribution in [3.8, 4) is 17.0 Å². The minimum absolute atomic E-state index is 0.0400. The van der Waals surface area contributed by atoms with Gasteiger partial charge in [-0.25, -0.2) is 4.79 Å². The van der Waals surface area contributed by atoms with E-state index in [0.29, 0.717) is 17.4 Å². The first kappa shape index (κ1) is 20.4. The summed E-state index contributed by atoms with van der Waals surface area (Å²) in [7, 11) is 2.00. The highest BCUT2D eigenvalue weighted by Gasteiger charge is 2.36. The predicted molar refractivity (Wildman–Crippen MR) is 104 cm³/mol. The molecule has 2 aromatic rings. The quantitative estimate of drug-likeness (QED) is 0.778. The third-order valence-corrected chi connectivity index (χ3v) is 5.73. The molecule has 1 aromatic heterocycles. The van der Waals surface area contributed by atoms with E-state index in [1.54, 1.807) is 11.8 Å². The second-order valence-corrected chi connectivity index (χ2v) is 7.79. The molecule has 2 aliphatic rings. The molecule has 1 aromatic carbocycles. The van der Waals surface area contributed by atoms with Gasteiger partial charge in [0.05, 0.1) is 11.6 Å². The number of hydrogen-bond acceptors (Lipinski definition) is 5. The monoisotopic (exact) mass is 421 g/mol. The van der Waals surface area contributed by atoms with E-state index in [0.717, 1.165) is 37.6 Å². The van der Waals surface area contributed by atoms with Crippen LogP contribution in [0.4, 0.5) is 23.8 Å². The number of nitrogens with zero attached hydrogens (tertiary/aromatic N) is 4. The number of urea groups is 1. The molecule has 0 bridgehead atoms. The summed E-state index contributed by atoms with van der Waals surface area (Å²) in [6, 6.07) is 2.50. The predicted octanol–water partition coefficient (Wildman–Crippen LogP) is 3.30. The van der Waals surface area contributed by atoms with E-state index in [9.17, 15) is 23.1 Å². The van der Waals surface area contributed by atoms with E-state index >= 15 is 0 Å². The van der Waals surface area contributed by atoms with Gasteiger partial charge in [0, 0.05) is 24.2 Å². The van der Waals surface area contributed by atoms with E-state index in [2.05, 4.69) is 20.4 Å². The molecule has 0 aliphatic carbocycles. The Morgan fingerprint density at radius 3 is 2.70 bits per heavy atom. The summed E-state index contributed by atoms with van der Waals surface area (Å²) in [4.78, 5) is 16.4. The Hall–Kier alpha value is -2.88. The molecule has 30 heavy (non-hydrogen) atoms. The molecule has 2 amide bonds. The number of likely N-dealkylation sites (N-methyl/N-ethyl adjacent to an activating group) is 1. The summed E-state index contributed by atoms with van der Waals surface area (Å²) in [5, 5.41) is 21.5. The first-order chi connectivity index (χ1) is 14.2. The number of amides is 2. The van der Waals surface area contributed by atoms with Crippen molar-refractivity contribution in [2.24, 2.45) is 0 Å². The van der Waals surface area contributed by atoms with Crippen LogP contribution in [-0.4, -0.2) is 52.4 Å². The molecule has 0 saturated carbocycles. The van der Waals surface area contributed by atoms with Crippen molar-refractivity contribution >= 4 is 11.8 Å². The highest BCUT2D eigenvalue weighted by molar-refractivity contribution is 5.95. The number of likely N-dealkylation sites (tertiary alicyclic amines) is 1. The Morgan fingerprint density at radius 2 is 2.03 bits per heavy atom. The summed E-state index contributed by atoms with van der Waals surface area (Å²) in [6.07, 6.45) is -2.74. The number of anilines is 1. The minimum atomic E-state index is -4.55. The van der Waals surface area contributed by atoms with Gasteiger partial charge in [0.25, 0.3) is 0 Å². The average molecular weight is 421 g/mol. The Morgan fingerprint density at radius 1 is 1.27 bits per heavy atom. The number of piperidine rings is 1. The van der Waals surface area contributed by atoms with Gasteiger partial charge in [-0.05, 0) is 57.1 Å². The summed E-state index contributed by atoms with van der Waals surface area (Å²) < 4.78 is 38.7. The highest BCUT2D eigenvalue weighted by Crippen LogP contribution is 2.39. The fourth-order valence-electron chi connectivity index (χ4n) is 4.15. The minimum Gasteiger partial charge on any atom is -0.507 e. The smallest absolute Gasteiger partial charge is 0.416 e. The lowest BCUT2D eigenvalue weighted by molar-refractivity contribution is -0.137. The van der Waals surface area contributed by atoms with Gasteiger partial charge in [0.15, 0.2) is 5.82 Å². The van der Waals surface area contributed by atoms with Gasteiger partial charge in [-0.15, -0.1) is 10.2 Å². The molecule has 3 heterocycles. The number of phenols is 1. The molecule has 2 aliphatic heterocycles. The standard InChI is InChI=1S/C20H22F3N5O2/c1-11-15-9-24-19(30)28(13-4-3-7-27(2)10-13)18(15)26-25-17(11)14-6-5-12(8-16(14)29)20(21,22)23/h5-6,8,13,29H,3-4,7,9-10H2,1-2H3,(H,24,30)/t13-/m1/s1. The first-order valence-electron chi connectivity index (χ1n) is 9.69. The van der Waals surface area contributed by atoms with Gasteiger partial charge >= 0.3 is 12.2 Å². The van der Waals surface area contributed by atoms with E-state index in [4.69, 9.17) is 0 Å². The number of fused-ring (bicyclic) bond motifs is 1. The van der Waals surface area contributed by atoms with Crippen LogP contribution in [0.2, 0.25) is 0 Å². The van der Waals surface area contributed by atoms with E-state index < -0.39 is 17.5 Å². The summed E-state index contributed by atoms with van der Waals surface area (Å²) >= 11 is 0. The van der Waals surface area contributed by atoms with Crippen LogP contribution in [0, 0.1) is 6.92 Å². The molecule has 0 spiro atoms. The Bertz CT molecular complexity index is 995. The van der Waals surface area contributed by atoms with Crippen LogP contribution in [-0.2, 0) is 12.7 Å². The number of carbonyl (C=O) groups excluding carboxylic acids is 1. The number of phenolic OH excluding ortho intramolecular Hbond substituents is 1. The van der Waals surface area contributed by atoms with Crippen molar-refractivity contribution in [2.75, 3.05) is 25.0 Å². The maximum absolute atomic E-state index is 12.9. The topological polar surface area (TPSA) is 81.6 Å². The first-order valence-corrected chi connectivity index (χ1v) is 9.69. The Kier molecular flexibility index (Phi) is 5.05. The van der Waals surface area contributed by atoms with Gasteiger partial charge in [-0.2, -0.15) is 13.2 Å². The third kappa shape index (κ3) is 3.55. The van der Waals surface area contributed by atoms with Crippen LogP contribution in [0.15, 0.2) is 18.2 Å². The van der Waals surface area contributed by atoms with E-state index in [1.165, 1.54) is 6.07 Å². The van der Waals surface area contributed by atoms with Crippen LogP contribution in [0.3, 0.4) is 0 Å². The lowest BCUT2D eigenvalue weighted by Gasteiger charge is -2.40. The molecule has 2 N–H and O–H groups in total. The van der Waals surface area contributed by atoms with Crippen molar-refractivity contribution in [3.63, 3.8) is 0 Å². The summed E-state index contributed by atoms with van der Waals surface area (Å²) in [5.41, 5.74) is 0.914. The number of benzene rings is 1. The highest BCUT2D eigenvalue weighted by atomic mass is 19.4. The second-order valence-electron chi connectivity index (χ2n) is 7.79. The number of nitrogens with one attached hydrogen (secondary N) is 1. The molecule has 10 heteroatoms. The van der Waals surface area contributed by atoms with Crippen molar-refractivity contribution in [1.29, 1.82) is 0 Å². The second kappa shape index (κ2) is 7.42. The Balaban J connectivity index is 1.74. The molecular weight excluding hydrogens is 399 g/mol. The van der Waals surface area contributed by atoms with Crippen LogP contribution in [0.25, 0.3) is 11.3 Å². The summed E-state index contributed by atoms with van der Waals surface area (Å²) in [6.45, 7) is 3.69. The molecule has 7 nitrogen and oxygen atoms in total. The molecule has 0 radical (unpaired) electrons. The van der Waals surface area contributed by atoms with E-state index in [1.807, 2.05) is 7.05 Å². The molecule has 1 fully saturated rings. The number of aromatic nitrogens is 2. The van der Waals surface area contributed by atoms with Gasteiger partial charge in [0.1, 0.15) is 11.4 Å². The van der Waals surface area contributed by atoms with Crippen molar-refractivity contribution in [2.45, 2.75) is 38.5 Å². The number of rotatable bonds is 2. The summed E-state index contributed by atoms with van der Waals surface area (Å²) in [5.74, 6) is -0.0560. The molecule has 1 saturated heterocycles. The normalized spacial score (nSPS) is 20.1. The maximum atomic E-state index is 12.9. The number of aromatic hydroxyl groups is 1. The van der Waals surface area contributed by atoms with Gasteiger partial charge in [-0.1, -0.05) is 0 Å². The lowest BCUT2D eigenvalue weighted by Crippen LogP contribution is -2.55.